The van der Waals surface area contributed by atoms with Crippen molar-refractivity contribution in [1.29, 1.82) is 0 Å². The lowest BCUT2D eigenvalue weighted by Crippen LogP contribution is -2.40. The van der Waals surface area contributed by atoms with Crippen molar-refractivity contribution >= 4 is 28.7 Å². The highest BCUT2D eigenvalue weighted by Gasteiger charge is 2.18. The van der Waals surface area contributed by atoms with Crippen molar-refractivity contribution in [3.63, 3.8) is 0 Å². The lowest BCUT2D eigenvalue weighted by molar-refractivity contribution is 0.194. The molecular weight excluding hydrogens is 228 g/mol. The minimum absolute atomic E-state index is 0.635. The molecule has 0 amide bonds. The lowest BCUT2D eigenvalue weighted by Gasteiger charge is -2.32. The van der Waals surface area contributed by atoms with Crippen LogP contribution >= 0.6 is 23.6 Å². The highest BCUT2D eigenvalue weighted by molar-refractivity contribution is 7.73. The summed E-state index contributed by atoms with van der Waals surface area (Å²) in [5.74, 6) is 0. The second-order valence-electron chi connectivity index (χ2n) is 3.93. The summed E-state index contributed by atoms with van der Waals surface area (Å²) in [5.41, 5.74) is 0. The van der Waals surface area contributed by atoms with E-state index in [9.17, 15) is 0 Å². The summed E-state index contributed by atoms with van der Waals surface area (Å²) >= 11 is 6.47. The summed E-state index contributed by atoms with van der Waals surface area (Å²) in [4.78, 5) is 2.42. The second-order valence-corrected chi connectivity index (χ2v) is 5.60. The van der Waals surface area contributed by atoms with E-state index >= 15 is 0 Å². The highest BCUT2D eigenvalue weighted by atomic mass is 32.1. The molecule has 2 rings (SSSR count). The summed E-state index contributed by atoms with van der Waals surface area (Å²) in [6.07, 6.45) is 3.95. The molecule has 15 heavy (non-hydrogen) atoms. The molecular formula is C9H16N4S2. The zero-order valence-corrected chi connectivity index (χ0v) is 10.5. The molecule has 2 N–H and O–H groups in total. The molecule has 1 unspecified atom stereocenters. The van der Waals surface area contributed by atoms with Crippen LogP contribution in [-0.2, 0) is 0 Å². The van der Waals surface area contributed by atoms with E-state index in [1.54, 1.807) is 0 Å². The van der Waals surface area contributed by atoms with E-state index < -0.39 is 0 Å². The van der Waals surface area contributed by atoms with Crippen LogP contribution in [0.2, 0.25) is 0 Å². The number of likely N-dealkylation sites (N-methyl/N-ethyl adjacent to an activating group) is 1. The molecule has 1 aromatic heterocycles. The molecule has 1 aliphatic rings. The van der Waals surface area contributed by atoms with E-state index in [0.29, 0.717) is 6.04 Å². The van der Waals surface area contributed by atoms with Gasteiger partial charge in [-0.2, -0.15) is 0 Å². The van der Waals surface area contributed by atoms with Crippen molar-refractivity contribution in [2.45, 2.75) is 25.3 Å². The molecule has 0 aliphatic carbocycles. The van der Waals surface area contributed by atoms with Gasteiger partial charge in [-0.15, -0.1) is 5.10 Å². The van der Waals surface area contributed by atoms with Crippen LogP contribution in [0.1, 0.15) is 19.3 Å². The topological polar surface area (TPSA) is 44.0 Å². The third-order valence-corrected chi connectivity index (χ3v) is 3.90. The van der Waals surface area contributed by atoms with Gasteiger partial charge in [0.05, 0.1) is 0 Å². The Labute approximate surface area is 98.7 Å². The van der Waals surface area contributed by atoms with Gasteiger partial charge in [-0.25, -0.2) is 0 Å². The standard InChI is InChI=1S/C9H16N4S2/c1-13-5-3-2-4-7(13)6-10-8-11-12-9(14)15-8/h7H,2-6H2,1H3,(H,10,11)(H,12,14). The van der Waals surface area contributed by atoms with Crippen molar-refractivity contribution in [2.75, 3.05) is 25.5 Å². The highest BCUT2D eigenvalue weighted by Crippen LogP contribution is 2.17. The van der Waals surface area contributed by atoms with Crippen LogP contribution in [0.5, 0.6) is 0 Å². The van der Waals surface area contributed by atoms with Gasteiger partial charge in [0, 0.05) is 12.6 Å². The molecule has 1 saturated heterocycles. The number of piperidine rings is 1. The van der Waals surface area contributed by atoms with Crippen LogP contribution in [0, 0.1) is 3.95 Å². The zero-order valence-electron chi connectivity index (χ0n) is 8.82. The van der Waals surface area contributed by atoms with E-state index in [2.05, 4.69) is 27.5 Å². The Balaban J connectivity index is 1.84. The van der Waals surface area contributed by atoms with Crippen molar-refractivity contribution in [2.24, 2.45) is 0 Å². The van der Waals surface area contributed by atoms with Crippen LogP contribution in [0.4, 0.5) is 5.13 Å². The quantitative estimate of drug-likeness (QED) is 0.799. The Hall–Kier alpha value is -0.460. The van der Waals surface area contributed by atoms with Crippen LogP contribution in [-0.4, -0.2) is 41.3 Å². The summed E-state index contributed by atoms with van der Waals surface area (Å²) in [6, 6.07) is 0.635. The Morgan fingerprint density at radius 3 is 3.20 bits per heavy atom. The van der Waals surface area contributed by atoms with Gasteiger partial charge in [-0.3, -0.25) is 5.10 Å². The van der Waals surface area contributed by atoms with Crippen LogP contribution in [0.3, 0.4) is 0 Å². The van der Waals surface area contributed by atoms with Gasteiger partial charge in [0.1, 0.15) is 0 Å². The Morgan fingerprint density at radius 2 is 2.53 bits per heavy atom. The minimum Gasteiger partial charge on any atom is -0.359 e. The van der Waals surface area contributed by atoms with Gasteiger partial charge in [0.15, 0.2) is 3.95 Å². The van der Waals surface area contributed by atoms with Gasteiger partial charge in [0.2, 0.25) is 5.13 Å². The Bertz CT molecular complexity index is 359. The third kappa shape index (κ3) is 2.99. The molecule has 4 nitrogen and oxygen atoms in total. The molecule has 1 aromatic rings. The maximum Gasteiger partial charge on any atom is 0.204 e. The van der Waals surface area contributed by atoms with Crippen LogP contribution < -0.4 is 5.32 Å². The average molecular weight is 244 g/mol. The van der Waals surface area contributed by atoms with E-state index in [0.717, 1.165) is 15.6 Å². The molecule has 1 atom stereocenters. The molecule has 2 heterocycles. The number of aromatic amines is 1. The van der Waals surface area contributed by atoms with E-state index in [4.69, 9.17) is 12.2 Å². The summed E-state index contributed by atoms with van der Waals surface area (Å²) < 4.78 is 0.731. The summed E-state index contributed by atoms with van der Waals surface area (Å²) in [7, 11) is 2.19. The zero-order chi connectivity index (χ0) is 10.7. The molecule has 0 spiro atoms. The Kier molecular flexibility index (Phi) is 3.71. The average Bonchev–Trinajstić information content (AvgIpc) is 2.63. The monoisotopic (exact) mass is 244 g/mol. The predicted octanol–water partition coefficient (Wildman–Crippen LogP) is 2.10. The Morgan fingerprint density at radius 1 is 1.67 bits per heavy atom. The molecule has 0 bridgehead atoms. The molecule has 1 fully saturated rings. The maximum absolute atomic E-state index is 4.98. The number of H-pyrrole nitrogens is 1. The molecule has 84 valence electrons. The first-order valence-corrected chi connectivity index (χ1v) is 6.48. The van der Waals surface area contributed by atoms with Gasteiger partial charge >= 0.3 is 0 Å². The SMILES string of the molecule is CN1CCCCC1CNc1n[nH]c(=S)s1. The number of nitrogens with one attached hydrogen (secondary N) is 2. The fourth-order valence-electron chi connectivity index (χ4n) is 1.91. The summed E-state index contributed by atoms with van der Waals surface area (Å²) in [5, 5.41) is 11.1. The minimum atomic E-state index is 0.635. The normalized spacial score (nSPS) is 22.9. The van der Waals surface area contributed by atoms with Gasteiger partial charge in [0.25, 0.3) is 0 Å². The first-order chi connectivity index (χ1) is 7.25. The lowest BCUT2D eigenvalue weighted by atomic mass is 10.0. The number of hydrogen-bond acceptors (Lipinski definition) is 5. The largest absolute Gasteiger partial charge is 0.359 e. The third-order valence-electron chi connectivity index (χ3n) is 2.85. The number of aromatic nitrogens is 2. The molecule has 0 radical (unpaired) electrons. The molecule has 0 saturated carbocycles. The van der Waals surface area contributed by atoms with Gasteiger partial charge in [-0.1, -0.05) is 17.8 Å². The molecule has 6 heteroatoms. The summed E-state index contributed by atoms with van der Waals surface area (Å²) in [6.45, 7) is 2.18. The van der Waals surface area contributed by atoms with Crippen molar-refractivity contribution in [1.82, 2.24) is 15.1 Å². The number of nitrogens with zero attached hydrogens (tertiary/aromatic N) is 2. The number of hydrogen-bond donors (Lipinski definition) is 2. The molecule has 0 aromatic carbocycles. The van der Waals surface area contributed by atoms with Crippen molar-refractivity contribution in [3.8, 4) is 0 Å². The second kappa shape index (κ2) is 5.05. The van der Waals surface area contributed by atoms with Crippen molar-refractivity contribution in [3.05, 3.63) is 3.95 Å². The van der Waals surface area contributed by atoms with Gasteiger partial charge < -0.3 is 10.2 Å². The van der Waals surface area contributed by atoms with Crippen LogP contribution in [0.25, 0.3) is 0 Å². The first-order valence-electron chi connectivity index (χ1n) is 5.25. The number of anilines is 1. The van der Waals surface area contributed by atoms with E-state index in [-0.39, 0.29) is 0 Å². The number of rotatable bonds is 3. The first kappa shape index (κ1) is 11.0. The van der Waals surface area contributed by atoms with Crippen molar-refractivity contribution < 1.29 is 0 Å². The fourth-order valence-corrected chi connectivity index (χ4v) is 2.71. The fraction of sp³-hybridized carbons (Fsp3) is 0.778. The predicted molar refractivity (Wildman–Crippen MR) is 66.1 cm³/mol. The molecule has 1 aliphatic heterocycles. The number of likely N-dealkylation sites (tertiary alicyclic amines) is 1. The van der Waals surface area contributed by atoms with E-state index in [1.807, 2.05) is 0 Å². The van der Waals surface area contributed by atoms with Crippen LogP contribution in [0.15, 0.2) is 0 Å². The smallest absolute Gasteiger partial charge is 0.204 e. The van der Waals surface area contributed by atoms with E-state index in [1.165, 1.54) is 37.1 Å². The maximum atomic E-state index is 4.98. The van der Waals surface area contributed by atoms with Gasteiger partial charge in [-0.05, 0) is 38.7 Å².